The van der Waals surface area contributed by atoms with Gasteiger partial charge in [-0.1, -0.05) is 53.7 Å². The molecule has 2 aromatic carbocycles. The number of hydrogen-bond acceptors (Lipinski definition) is 5. The maximum Gasteiger partial charge on any atom is 0.230 e. The van der Waals surface area contributed by atoms with Gasteiger partial charge in [0.05, 0.1) is 18.6 Å². The molecule has 1 aromatic heterocycles. The molecule has 7 heteroatoms. The van der Waals surface area contributed by atoms with Gasteiger partial charge in [-0.2, -0.15) is 0 Å². The van der Waals surface area contributed by atoms with Crippen molar-refractivity contribution >= 4 is 29.3 Å². The Hall–Kier alpha value is -2.57. The number of thioether (sulfide) groups is 1. The van der Waals surface area contributed by atoms with Crippen LogP contribution in [0.15, 0.2) is 65.7 Å². The van der Waals surface area contributed by atoms with Crippen LogP contribution in [0, 0.1) is 0 Å². The molecule has 28 heavy (non-hydrogen) atoms. The summed E-state index contributed by atoms with van der Waals surface area (Å²) in [4.78, 5) is 12.1. The van der Waals surface area contributed by atoms with Crippen molar-refractivity contribution in [1.82, 2.24) is 15.5 Å². The fourth-order valence-corrected chi connectivity index (χ4v) is 3.38. The third-order valence-electron chi connectivity index (χ3n) is 4.04. The van der Waals surface area contributed by atoms with E-state index >= 15 is 0 Å². The number of benzene rings is 2. The summed E-state index contributed by atoms with van der Waals surface area (Å²) in [6.07, 6.45) is 0.718. The zero-order valence-electron chi connectivity index (χ0n) is 15.4. The average molecular weight is 414 g/mol. The lowest BCUT2D eigenvalue weighted by atomic mass is 10.1. The van der Waals surface area contributed by atoms with E-state index in [9.17, 15) is 4.79 Å². The molecule has 0 saturated heterocycles. The molecule has 1 heterocycles. The maximum atomic E-state index is 12.1. The maximum absolute atomic E-state index is 12.1. The number of para-hydroxylation sites is 1. The number of carbonyl (C=O) groups excluding carboxylic acids is 1. The second-order valence-electron chi connectivity index (χ2n) is 5.96. The first-order valence-electron chi connectivity index (χ1n) is 8.77. The third-order valence-corrected chi connectivity index (χ3v) is 5.21. The Labute approximate surface area is 173 Å². The van der Waals surface area contributed by atoms with Crippen molar-refractivity contribution in [3.63, 3.8) is 0 Å². The van der Waals surface area contributed by atoms with Crippen LogP contribution >= 0.6 is 23.4 Å². The van der Waals surface area contributed by atoms with Gasteiger partial charge in [0.15, 0.2) is 0 Å². The van der Waals surface area contributed by atoms with Gasteiger partial charge in [-0.05, 0) is 42.3 Å². The summed E-state index contributed by atoms with van der Waals surface area (Å²) < 4.78 is 5.32. The molecule has 0 saturated carbocycles. The van der Waals surface area contributed by atoms with E-state index in [1.807, 2.05) is 60.7 Å². The first-order chi connectivity index (χ1) is 13.7. The largest absolute Gasteiger partial charge is 0.496 e. The number of amides is 1. The number of rotatable bonds is 8. The van der Waals surface area contributed by atoms with Crippen molar-refractivity contribution in [2.24, 2.45) is 0 Å². The average Bonchev–Trinajstić information content (AvgIpc) is 2.73. The number of aromatic nitrogens is 2. The molecule has 0 atom stereocenters. The van der Waals surface area contributed by atoms with Gasteiger partial charge in [0.1, 0.15) is 10.8 Å². The van der Waals surface area contributed by atoms with Crippen LogP contribution in [0.25, 0.3) is 11.3 Å². The van der Waals surface area contributed by atoms with Crippen molar-refractivity contribution in [1.29, 1.82) is 0 Å². The van der Waals surface area contributed by atoms with Crippen LogP contribution in [-0.2, 0) is 11.2 Å². The molecule has 1 N–H and O–H groups in total. The number of nitrogens with one attached hydrogen (secondary N) is 1. The van der Waals surface area contributed by atoms with E-state index in [4.69, 9.17) is 16.3 Å². The highest BCUT2D eigenvalue weighted by atomic mass is 35.5. The van der Waals surface area contributed by atoms with Crippen LogP contribution in [0.2, 0.25) is 5.02 Å². The Morgan fingerprint density at radius 3 is 2.57 bits per heavy atom. The van der Waals surface area contributed by atoms with Crippen LogP contribution in [-0.4, -0.2) is 35.5 Å². The van der Waals surface area contributed by atoms with E-state index < -0.39 is 0 Å². The Morgan fingerprint density at radius 2 is 1.86 bits per heavy atom. The first kappa shape index (κ1) is 20.2. The molecule has 144 valence electrons. The van der Waals surface area contributed by atoms with Crippen molar-refractivity contribution < 1.29 is 9.53 Å². The first-order valence-corrected chi connectivity index (χ1v) is 10.1. The number of ether oxygens (including phenoxy) is 1. The Kier molecular flexibility index (Phi) is 7.28. The standard InChI is InChI=1S/C21H20ClN3O2S/c1-27-19-5-3-2-4-16(19)12-13-23-20(26)14-28-21-11-10-18(24-25-21)15-6-8-17(22)9-7-15/h2-11H,12-14H2,1H3,(H,23,26). The predicted molar refractivity (Wildman–Crippen MR) is 113 cm³/mol. The lowest BCUT2D eigenvalue weighted by Gasteiger charge is -2.09. The quantitative estimate of drug-likeness (QED) is 0.559. The zero-order chi connectivity index (χ0) is 19.8. The second kappa shape index (κ2) is 10.1. The van der Waals surface area contributed by atoms with Crippen molar-refractivity contribution in [2.45, 2.75) is 11.4 Å². The normalized spacial score (nSPS) is 10.5. The summed E-state index contributed by atoms with van der Waals surface area (Å²) in [7, 11) is 1.65. The van der Waals surface area contributed by atoms with E-state index in [2.05, 4.69) is 15.5 Å². The minimum atomic E-state index is -0.0384. The van der Waals surface area contributed by atoms with Crippen LogP contribution in [0.4, 0.5) is 0 Å². The number of methoxy groups -OCH3 is 1. The summed E-state index contributed by atoms with van der Waals surface area (Å²) in [5.41, 5.74) is 2.78. The topological polar surface area (TPSA) is 64.1 Å². The molecule has 1 amide bonds. The zero-order valence-corrected chi connectivity index (χ0v) is 17.0. The van der Waals surface area contributed by atoms with E-state index in [1.54, 1.807) is 7.11 Å². The Bertz CT molecular complexity index is 918. The van der Waals surface area contributed by atoms with E-state index in [-0.39, 0.29) is 5.91 Å². The fourth-order valence-electron chi connectivity index (χ4n) is 2.61. The van der Waals surface area contributed by atoms with E-state index in [1.165, 1.54) is 11.8 Å². The Balaban J connectivity index is 1.45. The van der Waals surface area contributed by atoms with Crippen molar-refractivity contribution in [2.75, 3.05) is 19.4 Å². The number of nitrogens with zero attached hydrogens (tertiary/aromatic N) is 2. The molecule has 3 aromatic rings. The predicted octanol–water partition coefficient (Wildman–Crippen LogP) is 4.26. The molecule has 0 fully saturated rings. The molecule has 0 radical (unpaired) electrons. The van der Waals surface area contributed by atoms with E-state index in [0.29, 0.717) is 22.3 Å². The van der Waals surface area contributed by atoms with Gasteiger partial charge in [-0.3, -0.25) is 4.79 Å². The number of halogens is 1. The molecule has 3 rings (SSSR count). The van der Waals surface area contributed by atoms with Gasteiger partial charge in [0.2, 0.25) is 5.91 Å². The summed E-state index contributed by atoms with van der Waals surface area (Å²) in [5, 5.41) is 12.7. The monoisotopic (exact) mass is 413 g/mol. The molecule has 0 unspecified atom stereocenters. The molecular formula is C21H20ClN3O2S. The Morgan fingerprint density at radius 1 is 1.07 bits per heavy atom. The lowest BCUT2D eigenvalue weighted by molar-refractivity contribution is -0.118. The smallest absolute Gasteiger partial charge is 0.230 e. The van der Waals surface area contributed by atoms with E-state index in [0.717, 1.165) is 29.0 Å². The van der Waals surface area contributed by atoms with Crippen LogP contribution < -0.4 is 10.1 Å². The SMILES string of the molecule is COc1ccccc1CCNC(=O)CSc1ccc(-c2ccc(Cl)cc2)nn1. The molecule has 0 aliphatic rings. The molecule has 0 bridgehead atoms. The minimum Gasteiger partial charge on any atom is -0.496 e. The summed E-state index contributed by atoms with van der Waals surface area (Å²) in [6, 6.07) is 19.0. The summed E-state index contributed by atoms with van der Waals surface area (Å²) in [5.74, 6) is 1.09. The van der Waals surface area contributed by atoms with Crippen LogP contribution in [0.3, 0.4) is 0 Å². The molecule has 0 spiro atoms. The van der Waals surface area contributed by atoms with Gasteiger partial charge in [-0.25, -0.2) is 0 Å². The molecule has 0 aliphatic heterocycles. The number of carbonyl (C=O) groups is 1. The van der Waals surface area contributed by atoms with Gasteiger partial charge >= 0.3 is 0 Å². The lowest BCUT2D eigenvalue weighted by Crippen LogP contribution is -2.27. The summed E-state index contributed by atoms with van der Waals surface area (Å²) in [6.45, 7) is 0.556. The summed E-state index contributed by atoms with van der Waals surface area (Å²) >= 11 is 7.26. The van der Waals surface area contributed by atoms with Crippen molar-refractivity contribution in [3.8, 4) is 17.0 Å². The van der Waals surface area contributed by atoms with Crippen LogP contribution in [0.5, 0.6) is 5.75 Å². The third kappa shape index (κ3) is 5.71. The highest BCUT2D eigenvalue weighted by Gasteiger charge is 2.07. The van der Waals surface area contributed by atoms with Gasteiger partial charge in [0.25, 0.3) is 0 Å². The molecule has 0 aliphatic carbocycles. The highest BCUT2D eigenvalue weighted by molar-refractivity contribution is 7.99. The molecular weight excluding hydrogens is 394 g/mol. The second-order valence-corrected chi connectivity index (χ2v) is 7.40. The van der Waals surface area contributed by atoms with Gasteiger partial charge in [-0.15, -0.1) is 10.2 Å². The molecule has 5 nitrogen and oxygen atoms in total. The van der Waals surface area contributed by atoms with Crippen molar-refractivity contribution in [3.05, 3.63) is 71.2 Å². The number of hydrogen-bond donors (Lipinski definition) is 1. The minimum absolute atomic E-state index is 0.0384. The van der Waals surface area contributed by atoms with Crippen LogP contribution in [0.1, 0.15) is 5.56 Å². The van der Waals surface area contributed by atoms with Gasteiger partial charge in [0, 0.05) is 17.1 Å². The fraction of sp³-hybridized carbons (Fsp3) is 0.190. The van der Waals surface area contributed by atoms with Gasteiger partial charge < -0.3 is 10.1 Å². The highest BCUT2D eigenvalue weighted by Crippen LogP contribution is 2.21.